The molecule has 2 N–H and O–H groups in total. The highest BCUT2D eigenvalue weighted by molar-refractivity contribution is 6.27. The van der Waals surface area contributed by atoms with Crippen molar-refractivity contribution >= 4 is 23.5 Å². The molecule has 6 nitrogen and oxygen atoms in total. The molecule has 6 heteroatoms. The van der Waals surface area contributed by atoms with Crippen molar-refractivity contribution in [2.75, 3.05) is 11.5 Å². The zero-order chi connectivity index (χ0) is 15.6. The van der Waals surface area contributed by atoms with E-state index in [1.165, 1.54) is 0 Å². The molecule has 0 saturated carbocycles. The number of barbiturate groups is 1. The third-order valence-electron chi connectivity index (χ3n) is 3.46. The minimum atomic E-state index is -0.861. The Balaban J connectivity index is 2.30. The van der Waals surface area contributed by atoms with Gasteiger partial charge < -0.3 is 5.11 Å². The molecule has 112 valence electrons. The minimum Gasteiger partial charge on any atom is -0.396 e. The maximum absolute atomic E-state index is 12.4. The molecule has 1 aliphatic heterocycles. The normalized spacial score (nSPS) is 19.1. The maximum Gasteiger partial charge on any atom is 0.335 e. The van der Waals surface area contributed by atoms with E-state index < -0.39 is 23.8 Å². The van der Waals surface area contributed by atoms with Crippen LogP contribution in [-0.2, 0) is 16.0 Å². The first-order valence-electron chi connectivity index (χ1n) is 6.84. The van der Waals surface area contributed by atoms with Gasteiger partial charge in [0.25, 0.3) is 0 Å². The van der Waals surface area contributed by atoms with Gasteiger partial charge in [-0.15, -0.1) is 0 Å². The van der Waals surface area contributed by atoms with E-state index >= 15 is 0 Å². The molecule has 1 aromatic rings. The van der Waals surface area contributed by atoms with Crippen LogP contribution in [0, 0.1) is 11.8 Å². The highest BCUT2D eigenvalue weighted by Gasteiger charge is 2.42. The van der Waals surface area contributed by atoms with E-state index in [2.05, 4.69) is 5.32 Å². The molecular formula is C15H18N2O4. The predicted molar refractivity (Wildman–Crippen MR) is 76.6 cm³/mol. The van der Waals surface area contributed by atoms with Crippen LogP contribution in [0.3, 0.4) is 0 Å². The van der Waals surface area contributed by atoms with E-state index in [-0.39, 0.29) is 12.5 Å². The monoisotopic (exact) mass is 290 g/mol. The molecule has 1 fully saturated rings. The van der Waals surface area contributed by atoms with Gasteiger partial charge in [0.1, 0.15) is 5.92 Å². The van der Waals surface area contributed by atoms with Crippen LogP contribution in [0.25, 0.3) is 0 Å². The standard InChI is InChI=1S/C15H18N2O4/c1-9(2)12-13(19)16-15(21)17(14(12)20)11-5-3-10(4-6-11)7-8-18/h3-6,9,12,18H,7-8H2,1-2H3,(H,16,19,21). The fourth-order valence-corrected chi connectivity index (χ4v) is 2.36. The summed E-state index contributed by atoms with van der Waals surface area (Å²) in [5, 5.41) is 11.1. The van der Waals surface area contributed by atoms with Gasteiger partial charge in [0.2, 0.25) is 11.8 Å². The summed E-state index contributed by atoms with van der Waals surface area (Å²) in [6.07, 6.45) is 0.507. The number of aliphatic hydroxyl groups excluding tert-OH is 1. The number of hydrogen-bond acceptors (Lipinski definition) is 4. The highest BCUT2D eigenvalue weighted by atomic mass is 16.3. The van der Waals surface area contributed by atoms with Gasteiger partial charge in [0.05, 0.1) is 5.69 Å². The van der Waals surface area contributed by atoms with Crippen LogP contribution in [-0.4, -0.2) is 29.6 Å². The largest absolute Gasteiger partial charge is 0.396 e. The SMILES string of the molecule is CC(C)C1C(=O)NC(=O)N(c2ccc(CCO)cc2)C1=O. The Morgan fingerprint density at radius 3 is 2.33 bits per heavy atom. The molecule has 0 spiro atoms. The molecule has 2 rings (SSSR count). The van der Waals surface area contributed by atoms with Crippen LogP contribution in [0.4, 0.5) is 10.5 Å². The van der Waals surface area contributed by atoms with Gasteiger partial charge in [-0.3, -0.25) is 14.9 Å². The third kappa shape index (κ3) is 2.95. The number of hydrogen-bond donors (Lipinski definition) is 2. The lowest BCUT2D eigenvalue weighted by Gasteiger charge is -2.31. The molecule has 1 aromatic carbocycles. The minimum absolute atomic E-state index is 0.0341. The second-order valence-electron chi connectivity index (χ2n) is 5.33. The van der Waals surface area contributed by atoms with E-state index in [9.17, 15) is 14.4 Å². The molecule has 21 heavy (non-hydrogen) atoms. The van der Waals surface area contributed by atoms with Crippen LogP contribution >= 0.6 is 0 Å². The molecule has 1 heterocycles. The molecule has 0 bridgehead atoms. The van der Waals surface area contributed by atoms with E-state index in [0.29, 0.717) is 12.1 Å². The molecule has 0 aromatic heterocycles. The summed E-state index contributed by atoms with van der Waals surface area (Å²) in [6, 6.07) is 6.03. The van der Waals surface area contributed by atoms with Gasteiger partial charge in [-0.25, -0.2) is 9.69 Å². The van der Waals surface area contributed by atoms with Crippen molar-refractivity contribution in [3.63, 3.8) is 0 Å². The van der Waals surface area contributed by atoms with Crippen molar-refractivity contribution in [1.82, 2.24) is 5.32 Å². The van der Waals surface area contributed by atoms with Crippen LogP contribution in [0.5, 0.6) is 0 Å². The Labute approximate surface area is 122 Å². The lowest BCUT2D eigenvalue weighted by Crippen LogP contribution is -2.59. The average Bonchev–Trinajstić information content (AvgIpc) is 2.40. The molecule has 1 saturated heterocycles. The quantitative estimate of drug-likeness (QED) is 0.812. The van der Waals surface area contributed by atoms with Crippen LogP contribution < -0.4 is 10.2 Å². The number of rotatable bonds is 4. The highest BCUT2D eigenvalue weighted by Crippen LogP contribution is 2.24. The van der Waals surface area contributed by atoms with Crippen molar-refractivity contribution < 1.29 is 19.5 Å². The number of urea groups is 1. The zero-order valence-corrected chi connectivity index (χ0v) is 12.0. The number of benzene rings is 1. The second kappa shape index (κ2) is 6.05. The van der Waals surface area contributed by atoms with Crippen LogP contribution in [0.2, 0.25) is 0 Å². The number of carbonyl (C=O) groups excluding carboxylic acids is 3. The number of imide groups is 2. The first-order valence-corrected chi connectivity index (χ1v) is 6.84. The Morgan fingerprint density at radius 1 is 1.19 bits per heavy atom. The van der Waals surface area contributed by atoms with Crippen molar-refractivity contribution in [3.8, 4) is 0 Å². The topological polar surface area (TPSA) is 86.7 Å². The zero-order valence-electron chi connectivity index (χ0n) is 12.0. The smallest absolute Gasteiger partial charge is 0.335 e. The summed E-state index contributed by atoms with van der Waals surface area (Å²) >= 11 is 0. The molecule has 1 unspecified atom stereocenters. The fourth-order valence-electron chi connectivity index (χ4n) is 2.36. The maximum atomic E-state index is 12.4. The Kier molecular flexibility index (Phi) is 4.37. The summed E-state index contributed by atoms with van der Waals surface area (Å²) in [7, 11) is 0. The molecule has 1 atom stereocenters. The van der Waals surface area contributed by atoms with E-state index in [1.807, 2.05) is 0 Å². The average molecular weight is 290 g/mol. The van der Waals surface area contributed by atoms with Gasteiger partial charge in [-0.05, 0) is 30.0 Å². The van der Waals surface area contributed by atoms with Gasteiger partial charge >= 0.3 is 6.03 Å². The first-order chi connectivity index (χ1) is 9.95. The van der Waals surface area contributed by atoms with Crippen molar-refractivity contribution in [1.29, 1.82) is 0 Å². The number of aliphatic hydroxyl groups is 1. The van der Waals surface area contributed by atoms with Crippen molar-refractivity contribution in [2.45, 2.75) is 20.3 Å². The fraction of sp³-hybridized carbons (Fsp3) is 0.400. The van der Waals surface area contributed by atoms with Crippen LogP contribution in [0.1, 0.15) is 19.4 Å². The lowest BCUT2D eigenvalue weighted by molar-refractivity contribution is -0.136. The van der Waals surface area contributed by atoms with Crippen LogP contribution in [0.15, 0.2) is 24.3 Å². The molecule has 0 aliphatic carbocycles. The number of carbonyl (C=O) groups is 3. The second-order valence-corrected chi connectivity index (χ2v) is 5.33. The summed E-state index contributed by atoms with van der Waals surface area (Å²) in [5.74, 6) is -2.11. The van der Waals surface area contributed by atoms with Gasteiger partial charge in [-0.1, -0.05) is 26.0 Å². The summed E-state index contributed by atoms with van der Waals surface area (Å²) in [4.78, 5) is 37.1. The molecule has 0 radical (unpaired) electrons. The van der Waals surface area contributed by atoms with E-state index in [0.717, 1.165) is 10.5 Å². The number of amides is 4. The van der Waals surface area contributed by atoms with Crippen molar-refractivity contribution in [3.05, 3.63) is 29.8 Å². The molecule has 4 amide bonds. The Hall–Kier alpha value is -2.21. The summed E-state index contributed by atoms with van der Waals surface area (Å²) in [6.45, 7) is 3.56. The summed E-state index contributed by atoms with van der Waals surface area (Å²) < 4.78 is 0. The van der Waals surface area contributed by atoms with Gasteiger partial charge in [-0.2, -0.15) is 0 Å². The van der Waals surface area contributed by atoms with E-state index in [1.54, 1.807) is 38.1 Å². The Bertz CT molecular complexity index is 566. The Morgan fingerprint density at radius 2 is 1.81 bits per heavy atom. The lowest BCUT2D eigenvalue weighted by atomic mass is 9.92. The van der Waals surface area contributed by atoms with Gasteiger partial charge in [0.15, 0.2) is 0 Å². The summed E-state index contributed by atoms with van der Waals surface area (Å²) in [5.41, 5.74) is 1.32. The van der Waals surface area contributed by atoms with Gasteiger partial charge in [0, 0.05) is 6.61 Å². The number of nitrogens with zero attached hydrogens (tertiary/aromatic N) is 1. The third-order valence-corrected chi connectivity index (χ3v) is 3.46. The number of anilines is 1. The van der Waals surface area contributed by atoms with Crippen molar-refractivity contribution in [2.24, 2.45) is 11.8 Å². The molecular weight excluding hydrogens is 272 g/mol. The predicted octanol–water partition coefficient (Wildman–Crippen LogP) is 1.08. The van der Waals surface area contributed by atoms with E-state index in [4.69, 9.17) is 5.11 Å². The molecule has 1 aliphatic rings. The first kappa shape index (κ1) is 15.2. The number of nitrogens with one attached hydrogen (secondary N) is 1.